The van der Waals surface area contributed by atoms with E-state index in [0.29, 0.717) is 21.9 Å². The number of benzene rings is 1. The number of amides is 2. The molecule has 0 saturated carbocycles. The summed E-state index contributed by atoms with van der Waals surface area (Å²) in [5.74, 6) is -1.05. The second-order valence-electron chi connectivity index (χ2n) is 7.40. The van der Waals surface area contributed by atoms with Crippen molar-refractivity contribution in [2.45, 2.75) is 32.4 Å². The maximum absolute atomic E-state index is 12.8. The molecule has 0 fully saturated rings. The van der Waals surface area contributed by atoms with Gasteiger partial charge in [0.2, 0.25) is 0 Å². The van der Waals surface area contributed by atoms with Gasteiger partial charge in [-0.15, -0.1) is 0 Å². The number of rotatable bonds is 7. The van der Waals surface area contributed by atoms with Gasteiger partial charge in [0.05, 0.1) is 19.0 Å². The molecule has 1 atom stereocenters. The maximum atomic E-state index is 12.8. The van der Waals surface area contributed by atoms with E-state index >= 15 is 0 Å². The van der Waals surface area contributed by atoms with E-state index in [2.05, 4.69) is 10.6 Å². The van der Waals surface area contributed by atoms with Crippen LogP contribution in [0.5, 0.6) is 0 Å². The molecule has 2 aromatic rings. The first-order valence-electron chi connectivity index (χ1n) is 9.87. The zero-order chi connectivity index (χ0) is 23.3. The molecular weight excluding hydrogens is 450 g/mol. The highest BCUT2D eigenvalue weighted by atomic mass is 35.5. The number of carbonyl (C=O) groups excluding carboxylic acids is 1. The van der Waals surface area contributed by atoms with Crippen LogP contribution in [0.4, 0.5) is 10.5 Å². The third-order valence-corrected chi connectivity index (χ3v) is 5.62. The Morgan fingerprint density at radius 2 is 1.97 bits per heavy atom. The molecular formula is C23H22ClN3O4S. The normalized spacial score (nSPS) is 14.2. The van der Waals surface area contributed by atoms with Crippen LogP contribution in [-0.2, 0) is 11.3 Å². The molecule has 32 heavy (non-hydrogen) atoms. The molecule has 0 saturated heterocycles. The number of thiocarbonyl (C=S) groups is 1. The molecule has 3 N–H and O–H groups in total. The predicted molar refractivity (Wildman–Crippen MR) is 128 cm³/mol. The van der Waals surface area contributed by atoms with E-state index in [4.69, 9.17) is 23.8 Å². The minimum Gasteiger partial charge on any atom is -0.481 e. The molecule has 0 bridgehead atoms. The highest BCUT2D eigenvalue weighted by molar-refractivity contribution is 7.80. The fourth-order valence-electron chi connectivity index (χ4n) is 3.24. The number of urea groups is 1. The van der Waals surface area contributed by atoms with Gasteiger partial charge < -0.3 is 20.3 Å². The largest absolute Gasteiger partial charge is 0.481 e. The number of nitrogens with one attached hydrogen (secondary N) is 2. The van der Waals surface area contributed by atoms with Crippen molar-refractivity contribution >= 4 is 46.4 Å². The average molecular weight is 472 g/mol. The fraction of sp³-hybridized carbons (Fsp3) is 0.217. The molecule has 0 aliphatic heterocycles. The predicted octanol–water partition coefficient (Wildman–Crippen LogP) is 4.32. The van der Waals surface area contributed by atoms with Gasteiger partial charge in [0.15, 0.2) is 0 Å². The summed E-state index contributed by atoms with van der Waals surface area (Å²) in [5.41, 5.74) is 2.08. The summed E-state index contributed by atoms with van der Waals surface area (Å²) < 4.78 is 1.43. The molecule has 9 heteroatoms. The first-order valence-corrected chi connectivity index (χ1v) is 10.7. The van der Waals surface area contributed by atoms with Crippen LogP contribution in [0.2, 0.25) is 0 Å². The number of aliphatic carboxylic acids is 1. The molecule has 0 radical (unpaired) electrons. The summed E-state index contributed by atoms with van der Waals surface area (Å²) in [7, 11) is 0. The standard InChI is InChI=1S/C23H22ClN3O4S/c1-14-4-6-15(7-5-14)19(12-21(28)29)26-23(31)25-18-3-2-10-27(22(18)30)13-16-11-17(24)8-9-20(16)32/h2-8,10-11,19H,9,12-13H2,1H3,(H,28,29)(H2,25,26,31)/t19-/m0/s1. The summed E-state index contributed by atoms with van der Waals surface area (Å²) in [6.07, 6.45) is 5.37. The lowest BCUT2D eigenvalue weighted by atomic mass is 10.0. The van der Waals surface area contributed by atoms with Crippen molar-refractivity contribution in [3.8, 4) is 0 Å². The van der Waals surface area contributed by atoms with Crippen LogP contribution in [0, 0.1) is 6.92 Å². The van der Waals surface area contributed by atoms with Crippen molar-refractivity contribution < 1.29 is 14.7 Å². The van der Waals surface area contributed by atoms with Gasteiger partial charge in [0.25, 0.3) is 5.56 Å². The Hall–Kier alpha value is -3.23. The number of hydrogen-bond acceptors (Lipinski definition) is 4. The Balaban J connectivity index is 1.75. The minimum absolute atomic E-state index is 0.0620. The van der Waals surface area contributed by atoms with Crippen molar-refractivity contribution in [1.82, 2.24) is 9.88 Å². The van der Waals surface area contributed by atoms with Crippen LogP contribution in [0.15, 0.2) is 70.1 Å². The number of nitrogens with zero attached hydrogens (tertiary/aromatic N) is 1. The topological polar surface area (TPSA) is 100 Å². The molecule has 7 nitrogen and oxygen atoms in total. The van der Waals surface area contributed by atoms with Crippen molar-refractivity contribution in [1.29, 1.82) is 0 Å². The third kappa shape index (κ3) is 6.15. The summed E-state index contributed by atoms with van der Waals surface area (Å²) >= 11 is 11.4. The molecule has 166 valence electrons. The number of aromatic nitrogens is 1. The Labute approximate surface area is 195 Å². The van der Waals surface area contributed by atoms with Crippen molar-refractivity contribution in [3.63, 3.8) is 0 Å². The summed E-state index contributed by atoms with van der Waals surface area (Å²) in [4.78, 5) is 37.4. The molecule has 1 heterocycles. The number of carboxylic acid groups (broad SMARTS) is 1. The van der Waals surface area contributed by atoms with Gasteiger partial charge >= 0.3 is 12.0 Å². The van der Waals surface area contributed by atoms with Gasteiger partial charge in [-0.1, -0.05) is 59.7 Å². The Bertz CT molecular complexity index is 1170. The maximum Gasteiger partial charge on any atom is 0.319 e. The summed E-state index contributed by atoms with van der Waals surface area (Å²) in [6, 6.07) is 8.89. The lowest BCUT2D eigenvalue weighted by molar-refractivity contribution is -0.137. The van der Waals surface area contributed by atoms with Gasteiger partial charge in [-0.25, -0.2) is 4.79 Å². The van der Waals surface area contributed by atoms with Crippen LogP contribution < -0.4 is 16.2 Å². The number of allylic oxidation sites excluding steroid dienone is 4. The number of hydrogen-bond donors (Lipinski definition) is 3. The molecule has 0 unspecified atom stereocenters. The van der Waals surface area contributed by atoms with Crippen LogP contribution in [0.25, 0.3) is 0 Å². The number of aryl methyl sites for hydroxylation is 1. The summed E-state index contributed by atoms with van der Waals surface area (Å²) in [5, 5.41) is 15.0. The molecule has 0 spiro atoms. The van der Waals surface area contributed by atoms with E-state index in [-0.39, 0.29) is 18.7 Å². The smallest absolute Gasteiger partial charge is 0.319 e. The molecule has 1 aliphatic rings. The fourth-order valence-corrected chi connectivity index (χ4v) is 3.66. The van der Waals surface area contributed by atoms with Crippen LogP contribution in [0.3, 0.4) is 0 Å². The molecule has 1 aromatic heterocycles. The SMILES string of the molecule is Cc1ccc([C@H](CC(=O)O)NC(=O)Nc2cccn(CC3=CC(Cl)=CCC3=S)c2=O)cc1. The molecule has 3 rings (SSSR count). The number of carboxylic acids is 1. The van der Waals surface area contributed by atoms with E-state index in [1.165, 1.54) is 10.6 Å². The lowest BCUT2D eigenvalue weighted by Gasteiger charge is -2.18. The third-order valence-electron chi connectivity index (χ3n) is 4.93. The van der Waals surface area contributed by atoms with Crippen LogP contribution >= 0.6 is 23.8 Å². The monoisotopic (exact) mass is 471 g/mol. The second kappa shape index (κ2) is 10.4. The highest BCUT2D eigenvalue weighted by Crippen LogP contribution is 2.20. The zero-order valence-corrected chi connectivity index (χ0v) is 18.9. The molecule has 1 aliphatic carbocycles. The number of anilines is 1. The van der Waals surface area contributed by atoms with Gasteiger partial charge in [-0.3, -0.25) is 9.59 Å². The van der Waals surface area contributed by atoms with Crippen molar-refractivity contribution in [2.24, 2.45) is 0 Å². The minimum atomic E-state index is -1.05. The zero-order valence-electron chi connectivity index (χ0n) is 17.3. The summed E-state index contributed by atoms with van der Waals surface area (Å²) in [6.45, 7) is 2.14. The van der Waals surface area contributed by atoms with E-state index in [9.17, 15) is 19.5 Å². The first-order chi connectivity index (χ1) is 15.2. The number of pyridine rings is 1. The molecule has 2 amide bonds. The van der Waals surface area contributed by atoms with Gasteiger partial charge in [0.1, 0.15) is 5.69 Å². The van der Waals surface area contributed by atoms with Crippen molar-refractivity contribution in [3.05, 3.63) is 86.8 Å². The number of carbonyl (C=O) groups is 2. The lowest BCUT2D eigenvalue weighted by Crippen LogP contribution is -2.36. The quantitative estimate of drug-likeness (QED) is 0.522. The van der Waals surface area contributed by atoms with Crippen LogP contribution in [0.1, 0.15) is 30.0 Å². The van der Waals surface area contributed by atoms with Gasteiger partial charge in [-0.2, -0.15) is 0 Å². The average Bonchev–Trinajstić information content (AvgIpc) is 2.73. The Kier molecular flexibility index (Phi) is 7.61. The second-order valence-corrected chi connectivity index (χ2v) is 8.33. The van der Waals surface area contributed by atoms with Gasteiger partial charge in [-0.05, 0) is 36.3 Å². The Morgan fingerprint density at radius 1 is 1.25 bits per heavy atom. The van der Waals surface area contributed by atoms with Crippen molar-refractivity contribution in [2.75, 3.05) is 5.32 Å². The first kappa shape index (κ1) is 23.4. The Morgan fingerprint density at radius 3 is 2.66 bits per heavy atom. The van der Waals surface area contributed by atoms with Crippen LogP contribution in [-0.4, -0.2) is 26.5 Å². The van der Waals surface area contributed by atoms with E-state index in [0.717, 1.165) is 11.1 Å². The number of halogens is 1. The highest BCUT2D eigenvalue weighted by Gasteiger charge is 2.19. The van der Waals surface area contributed by atoms with Gasteiger partial charge in [0, 0.05) is 22.5 Å². The van der Waals surface area contributed by atoms with E-state index in [1.807, 2.05) is 19.1 Å². The molecule has 1 aromatic carbocycles. The van der Waals surface area contributed by atoms with E-state index < -0.39 is 23.6 Å². The van der Waals surface area contributed by atoms with E-state index in [1.54, 1.807) is 36.5 Å².